The van der Waals surface area contributed by atoms with Crippen molar-refractivity contribution < 1.29 is 4.74 Å². The molecule has 3 aromatic rings. The van der Waals surface area contributed by atoms with Crippen LogP contribution in [-0.4, -0.2) is 25.9 Å². The van der Waals surface area contributed by atoms with Gasteiger partial charge in [0, 0.05) is 22.7 Å². The number of ether oxygens (including phenoxy) is 1. The molecule has 3 heterocycles. The average Bonchev–Trinajstić information content (AvgIpc) is 2.90. The Morgan fingerprint density at radius 1 is 1.00 bits per heavy atom. The lowest BCUT2D eigenvalue weighted by molar-refractivity contribution is 0.220. The van der Waals surface area contributed by atoms with Gasteiger partial charge >= 0.3 is 0 Å². The molecule has 29 heavy (non-hydrogen) atoms. The number of rotatable bonds is 7. The van der Waals surface area contributed by atoms with E-state index in [-0.39, 0.29) is 0 Å². The Bertz CT molecular complexity index is 981. The Morgan fingerprint density at radius 3 is 2.76 bits per heavy atom. The molecule has 7 heteroatoms. The van der Waals surface area contributed by atoms with E-state index in [4.69, 9.17) is 4.74 Å². The van der Waals surface area contributed by atoms with E-state index in [1.165, 1.54) is 19.3 Å². The highest BCUT2D eigenvalue weighted by atomic mass is 32.2. The van der Waals surface area contributed by atoms with Gasteiger partial charge in [-0.2, -0.15) is 4.98 Å². The molecule has 4 rings (SSSR count). The lowest BCUT2D eigenvalue weighted by Gasteiger charge is -2.18. The third-order valence-electron chi connectivity index (χ3n) is 4.74. The molecule has 0 radical (unpaired) electrons. The fraction of sp³-hybridized carbons (Fsp3) is 0.364. The lowest BCUT2D eigenvalue weighted by Crippen LogP contribution is -2.18. The monoisotopic (exact) mass is 407 g/mol. The Kier molecular flexibility index (Phi) is 6.24. The van der Waals surface area contributed by atoms with E-state index in [9.17, 15) is 0 Å². The van der Waals surface area contributed by atoms with Crippen LogP contribution in [-0.2, 0) is 0 Å². The summed E-state index contributed by atoms with van der Waals surface area (Å²) in [6.07, 6.45) is 4.43. The first-order valence-electron chi connectivity index (χ1n) is 10.1. The van der Waals surface area contributed by atoms with Crippen molar-refractivity contribution in [2.45, 2.75) is 50.9 Å². The standard InChI is InChI=1S/C22H25N5OS/c1-3-4-5-8-14-29-22-25-21-19(26-27-22)16-11-6-7-12-17(16)24-20(28-21)18-13-9-10-15(2)23-18/h6-7,9-13,20,24H,3-5,8,14H2,1-2H3/t20-/m1/s1. The first-order chi connectivity index (χ1) is 14.2. The summed E-state index contributed by atoms with van der Waals surface area (Å²) in [6.45, 7) is 4.19. The SMILES string of the molecule is CCCCCCSc1nnc2c(n1)O[C@H](c1cccc(C)n1)Nc1ccccc1-2. The number of pyridine rings is 1. The van der Waals surface area contributed by atoms with Crippen molar-refractivity contribution in [2.24, 2.45) is 0 Å². The Labute approximate surface area is 175 Å². The van der Waals surface area contributed by atoms with E-state index in [2.05, 4.69) is 32.4 Å². The van der Waals surface area contributed by atoms with Crippen molar-refractivity contribution in [3.05, 3.63) is 53.9 Å². The van der Waals surface area contributed by atoms with Crippen LogP contribution in [0.15, 0.2) is 47.6 Å². The van der Waals surface area contributed by atoms with Crippen LogP contribution < -0.4 is 10.1 Å². The second-order valence-corrected chi connectivity index (χ2v) is 8.11. The van der Waals surface area contributed by atoms with Crippen LogP contribution in [0.1, 0.15) is 50.2 Å². The quantitative estimate of drug-likeness (QED) is 0.414. The van der Waals surface area contributed by atoms with Gasteiger partial charge in [-0.3, -0.25) is 4.98 Å². The fourth-order valence-corrected chi connectivity index (χ4v) is 4.02. The molecule has 0 saturated carbocycles. The molecule has 2 aromatic heterocycles. The summed E-state index contributed by atoms with van der Waals surface area (Å²) in [6, 6.07) is 13.9. The van der Waals surface area contributed by atoms with Gasteiger partial charge in [-0.15, -0.1) is 10.2 Å². The molecule has 150 valence electrons. The van der Waals surface area contributed by atoms with Crippen LogP contribution in [0.25, 0.3) is 11.3 Å². The summed E-state index contributed by atoms with van der Waals surface area (Å²) in [5, 5.41) is 12.9. The number of hydrogen-bond donors (Lipinski definition) is 1. The zero-order chi connectivity index (χ0) is 20.1. The number of aryl methyl sites for hydroxylation is 1. The second kappa shape index (κ2) is 9.22. The molecule has 6 nitrogen and oxygen atoms in total. The number of hydrogen-bond acceptors (Lipinski definition) is 7. The smallest absolute Gasteiger partial charge is 0.247 e. The molecule has 0 fully saturated rings. The van der Waals surface area contributed by atoms with Gasteiger partial charge < -0.3 is 10.1 Å². The third kappa shape index (κ3) is 4.67. The summed E-state index contributed by atoms with van der Waals surface area (Å²) >= 11 is 1.63. The maximum atomic E-state index is 6.27. The third-order valence-corrected chi connectivity index (χ3v) is 5.67. The molecule has 1 N–H and O–H groups in total. The predicted octanol–water partition coefficient (Wildman–Crippen LogP) is 5.42. The molecule has 1 aliphatic rings. The largest absolute Gasteiger partial charge is 0.446 e. The van der Waals surface area contributed by atoms with Gasteiger partial charge in [-0.05, 0) is 31.5 Å². The zero-order valence-electron chi connectivity index (χ0n) is 16.8. The number of nitrogens with one attached hydrogen (secondary N) is 1. The molecule has 1 aromatic carbocycles. The van der Waals surface area contributed by atoms with Gasteiger partial charge in [0.15, 0.2) is 5.69 Å². The van der Waals surface area contributed by atoms with E-state index in [0.717, 1.165) is 34.8 Å². The maximum absolute atomic E-state index is 6.27. The van der Waals surface area contributed by atoms with Gasteiger partial charge in [0.2, 0.25) is 17.3 Å². The summed E-state index contributed by atoms with van der Waals surface area (Å²) in [7, 11) is 0. The highest BCUT2D eigenvalue weighted by molar-refractivity contribution is 7.99. The second-order valence-electron chi connectivity index (χ2n) is 7.05. The molecule has 0 spiro atoms. The van der Waals surface area contributed by atoms with Gasteiger partial charge in [-0.25, -0.2) is 0 Å². The number of anilines is 1. The number of para-hydroxylation sites is 1. The molecule has 1 atom stereocenters. The minimum absolute atomic E-state index is 0.448. The van der Waals surface area contributed by atoms with Gasteiger partial charge in [0.05, 0.1) is 0 Å². The van der Waals surface area contributed by atoms with Crippen LogP contribution in [0.4, 0.5) is 5.69 Å². The fourth-order valence-electron chi connectivity index (χ4n) is 3.24. The summed E-state index contributed by atoms with van der Waals surface area (Å²) in [5.41, 5.74) is 4.25. The van der Waals surface area contributed by atoms with Crippen LogP contribution >= 0.6 is 11.8 Å². The summed E-state index contributed by atoms with van der Waals surface area (Å²) in [5.74, 6) is 1.47. The van der Waals surface area contributed by atoms with Gasteiger partial charge in [0.1, 0.15) is 5.69 Å². The van der Waals surface area contributed by atoms with Crippen molar-refractivity contribution in [3.8, 4) is 17.1 Å². The van der Waals surface area contributed by atoms with E-state index in [1.54, 1.807) is 11.8 Å². The van der Waals surface area contributed by atoms with Gasteiger partial charge in [0.25, 0.3) is 0 Å². The average molecular weight is 408 g/mol. The first-order valence-corrected chi connectivity index (χ1v) is 11.1. The number of nitrogens with zero attached hydrogens (tertiary/aromatic N) is 4. The normalized spacial score (nSPS) is 14.9. The number of aromatic nitrogens is 4. The van der Waals surface area contributed by atoms with Crippen molar-refractivity contribution >= 4 is 17.4 Å². The summed E-state index contributed by atoms with van der Waals surface area (Å²) < 4.78 is 6.27. The molecule has 0 bridgehead atoms. The summed E-state index contributed by atoms with van der Waals surface area (Å²) in [4.78, 5) is 9.32. The Hall–Kier alpha value is -2.67. The molecular formula is C22H25N5OS. The van der Waals surface area contributed by atoms with Crippen molar-refractivity contribution in [2.75, 3.05) is 11.1 Å². The van der Waals surface area contributed by atoms with E-state index in [0.29, 0.717) is 16.7 Å². The maximum Gasteiger partial charge on any atom is 0.247 e. The molecule has 0 aliphatic carbocycles. The minimum Gasteiger partial charge on any atom is -0.446 e. The number of thioether (sulfide) groups is 1. The van der Waals surface area contributed by atoms with E-state index >= 15 is 0 Å². The lowest BCUT2D eigenvalue weighted by atomic mass is 10.1. The van der Waals surface area contributed by atoms with Crippen LogP contribution in [0.3, 0.4) is 0 Å². The highest BCUT2D eigenvalue weighted by Gasteiger charge is 2.26. The first kappa shape index (κ1) is 19.6. The highest BCUT2D eigenvalue weighted by Crippen LogP contribution is 2.39. The number of benzene rings is 1. The van der Waals surface area contributed by atoms with E-state index in [1.807, 2.05) is 49.4 Å². The zero-order valence-corrected chi connectivity index (χ0v) is 17.6. The minimum atomic E-state index is -0.448. The van der Waals surface area contributed by atoms with Crippen LogP contribution in [0.2, 0.25) is 0 Å². The Morgan fingerprint density at radius 2 is 1.90 bits per heavy atom. The number of unbranched alkanes of at least 4 members (excludes halogenated alkanes) is 3. The van der Waals surface area contributed by atoms with E-state index < -0.39 is 6.23 Å². The van der Waals surface area contributed by atoms with Crippen molar-refractivity contribution in [1.82, 2.24) is 20.2 Å². The van der Waals surface area contributed by atoms with Crippen LogP contribution in [0.5, 0.6) is 5.88 Å². The van der Waals surface area contributed by atoms with Gasteiger partial charge in [-0.1, -0.05) is 62.2 Å². The predicted molar refractivity (Wildman–Crippen MR) is 116 cm³/mol. The van der Waals surface area contributed by atoms with Crippen molar-refractivity contribution in [3.63, 3.8) is 0 Å². The molecular weight excluding hydrogens is 382 g/mol. The molecule has 0 saturated heterocycles. The number of fused-ring (bicyclic) bond motifs is 3. The molecule has 1 aliphatic heterocycles. The molecule has 0 unspecified atom stereocenters. The Balaban J connectivity index is 1.63. The topological polar surface area (TPSA) is 72.8 Å². The van der Waals surface area contributed by atoms with Crippen molar-refractivity contribution in [1.29, 1.82) is 0 Å². The molecule has 0 amide bonds. The van der Waals surface area contributed by atoms with Crippen LogP contribution in [0, 0.1) is 6.92 Å².